The molecule has 0 aliphatic carbocycles. The zero-order valence-electron chi connectivity index (χ0n) is 34.9. The summed E-state index contributed by atoms with van der Waals surface area (Å²) in [5, 5.41) is 8.55. The van der Waals surface area contributed by atoms with Gasteiger partial charge in [-0.1, -0.05) is 147 Å². The van der Waals surface area contributed by atoms with E-state index in [1.165, 1.54) is 60.2 Å². The number of para-hydroxylation sites is 2. The standard InChI is InChI=1S/C56H40N2O.C2H6/c1-3-49(56-37(2)50-16-9-11-19-55(50)59-56)41-24-29-46(30-25-41)57(47-31-22-38-12-4-6-14-42(38)34-47)45-27-20-40(21-28-45)44-26-33-54-52(36-44)51-17-8-10-18-53(51)58(54)48-32-23-39-13-5-7-15-43(39)35-48;1-2/h3-36H,1-2H3;1-2H3/b49-3-;. The fraction of sp³-hybridized carbons (Fsp3) is 0.0690. The second-order valence-electron chi connectivity index (χ2n) is 15.3. The smallest absolute Gasteiger partial charge is 0.138 e. The van der Waals surface area contributed by atoms with Crippen LogP contribution in [0.2, 0.25) is 0 Å². The lowest BCUT2D eigenvalue weighted by Gasteiger charge is -2.26. The Morgan fingerprint density at radius 1 is 0.475 bits per heavy atom. The Morgan fingerprint density at radius 2 is 1.03 bits per heavy atom. The minimum atomic E-state index is 0.912. The van der Waals surface area contributed by atoms with Gasteiger partial charge in [-0.05, 0) is 125 Å². The van der Waals surface area contributed by atoms with E-state index in [-0.39, 0.29) is 0 Å². The number of nitrogens with zero attached hydrogens (tertiary/aromatic N) is 2. The van der Waals surface area contributed by atoms with Gasteiger partial charge >= 0.3 is 0 Å². The lowest BCUT2D eigenvalue weighted by Crippen LogP contribution is -2.10. The number of benzene rings is 9. The summed E-state index contributed by atoms with van der Waals surface area (Å²) in [6, 6.07) is 72.4. The van der Waals surface area contributed by atoms with Crippen molar-refractivity contribution in [3.8, 4) is 16.8 Å². The van der Waals surface area contributed by atoms with Gasteiger partial charge in [0.2, 0.25) is 0 Å². The highest BCUT2D eigenvalue weighted by Crippen LogP contribution is 2.41. The van der Waals surface area contributed by atoms with Crippen molar-refractivity contribution < 1.29 is 4.42 Å². The molecule has 0 spiro atoms. The van der Waals surface area contributed by atoms with E-state index in [1.807, 2.05) is 26.0 Å². The number of aryl methyl sites for hydroxylation is 1. The first-order chi connectivity index (χ1) is 30.1. The van der Waals surface area contributed by atoms with Crippen LogP contribution < -0.4 is 4.90 Å². The van der Waals surface area contributed by atoms with Crippen LogP contribution in [-0.2, 0) is 0 Å². The van der Waals surface area contributed by atoms with Crippen molar-refractivity contribution in [2.24, 2.45) is 0 Å². The van der Waals surface area contributed by atoms with Gasteiger partial charge in [0.05, 0.1) is 11.0 Å². The third kappa shape index (κ3) is 6.65. The average molecular weight is 787 g/mol. The predicted molar refractivity (Wildman–Crippen MR) is 261 cm³/mol. The fourth-order valence-corrected chi connectivity index (χ4v) is 8.96. The molecule has 0 atom stereocenters. The third-order valence-electron chi connectivity index (χ3n) is 11.9. The molecule has 11 rings (SSSR count). The Bertz CT molecular complexity index is 3400. The number of allylic oxidation sites excluding steroid dienone is 1. The van der Waals surface area contributed by atoms with Gasteiger partial charge in [0, 0.05) is 50.0 Å². The highest BCUT2D eigenvalue weighted by atomic mass is 16.3. The molecule has 3 nitrogen and oxygen atoms in total. The number of aromatic nitrogens is 1. The molecule has 0 radical (unpaired) electrons. The van der Waals surface area contributed by atoms with Crippen LogP contribution in [0.3, 0.4) is 0 Å². The Morgan fingerprint density at radius 3 is 1.74 bits per heavy atom. The average Bonchev–Trinajstić information content (AvgIpc) is 3.84. The van der Waals surface area contributed by atoms with E-state index >= 15 is 0 Å². The van der Waals surface area contributed by atoms with E-state index in [9.17, 15) is 0 Å². The molecule has 3 heteroatoms. The maximum Gasteiger partial charge on any atom is 0.138 e. The van der Waals surface area contributed by atoms with E-state index < -0.39 is 0 Å². The van der Waals surface area contributed by atoms with Crippen molar-refractivity contribution in [2.75, 3.05) is 4.90 Å². The molecule has 294 valence electrons. The molecule has 11 aromatic rings. The summed E-state index contributed by atoms with van der Waals surface area (Å²) in [6.07, 6.45) is 2.15. The number of hydrogen-bond donors (Lipinski definition) is 0. The minimum Gasteiger partial charge on any atom is -0.456 e. The van der Waals surface area contributed by atoms with E-state index in [0.29, 0.717) is 0 Å². The molecule has 2 heterocycles. The lowest BCUT2D eigenvalue weighted by molar-refractivity contribution is 0.597. The summed E-state index contributed by atoms with van der Waals surface area (Å²) in [6.45, 7) is 8.23. The van der Waals surface area contributed by atoms with Crippen LogP contribution in [0.5, 0.6) is 0 Å². The van der Waals surface area contributed by atoms with Gasteiger partial charge < -0.3 is 13.9 Å². The summed E-state index contributed by atoms with van der Waals surface area (Å²) in [5.74, 6) is 0.917. The van der Waals surface area contributed by atoms with Crippen LogP contribution >= 0.6 is 0 Å². The van der Waals surface area contributed by atoms with Crippen LogP contribution in [-0.4, -0.2) is 4.57 Å². The SMILES string of the molecule is C/C=C(/c1ccc(N(c2ccc(-c3ccc4c(c3)c3ccccc3n4-c3ccc4ccccc4c3)cc2)c2ccc3ccccc3c2)cc1)c1oc2ccccc2c1C.CC. The molecule has 0 saturated heterocycles. The van der Waals surface area contributed by atoms with Gasteiger partial charge in [-0.3, -0.25) is 0 Å². The summed E-state index contributed by atoms with van der Waals surface area (Å²) >= 11 is 0. The monoisotopic (exact) mass is 786 g/mol. The largest absolute Gasteiger partial charge is 0.456 e. The number of furan rings is 1. The maximum atomic E-state index is 6.41. The van der Waals surface area contributed by atoms with Gasteiger partial charge in [0.1, 0.15) is 11.3 Å². The molecule has 0 saturated carbocycles. The van der Waals surface area contributed by atoms with Crippen LogP contribution in [0.4, 0.5) is 17.1 Å². The third-order valence-corrected chi connectivity index (χ3v) is 11.9. The summed E-state index contributed by atoms with van der Waals surface area (Å²) in [4.78, 5) is 2.35. The van der Waals surface area contributed by atoms with Crippen molar-refractivity contribution in [2.45, 2.75) is 27.7 Å². The summed E-state index contributed by atoms with van der Waals surface area (Å²) < 4.78 is 8.81. The molecular weight excluding hydrogens is 741 g/mol. The molecule has 0 aliphatic rings. The minimum absolute atomic E-state index is 0.912. The van der Waals surface area contributed by atoms with Crippen LogP contribution in [0.15, 0.2) is 211 Å². The first kappa shape index (κ1) is 37.6. The summed E-state index contributed by atoms with van der Waals surface area (Å²) in [7, 11) is 0. The second kappa shape index (κ2) is 15.9. The van der Waals surface area contributed by atoms with Crippen molar-refractivity contribution in [1.29, 1.82) is 0 Å². The van der Waals surface area contributed by atoms with Gasteiger partial charge in [0.25, 0.3) is 0 Å². The number of fused-ring (bicyclic) bond motifs is 6. The van der Waals surface area contributed by atoms with Gasteiger partial charge in [-0.15, -0.1) is 0 Å². The maximum absolute atomic E-state index is 6.41. The molecule has 2 aromatic heterocycles. The summed E-state index contributed by atoms with van der Waals surface area (Å²) in [5.41, 5.74) is 13.5. The topological polar surface area (TPSA) is 21.3 Å². The molecule has 9 aromatic carbocycles. The Kier molecular flexibility index (Phi) is 9.78. The highest BCUT2D eigenvalue weighted by Gasteiger charge is 2.19. The second-order valence-corrected chi connectivity index (χ2v) is 15.3. The molecule has 0 aliphatic heterocycles. The number of hydrogen-bond acceptors (Lipinski definition) is 2. The molecule has 0 N–H and O–H groups in total. The van der Waals surface area contributed by atoms with Crippen molar-refractivity contribution in [3.05, 3.63) is 223 Å². The van der Waals surface area contributed by atoms with Crippen molar-refractivity contribution >= 4 is 77.0 Å². The van der Waals surface area contributed by atoms with E-state index in [0.717, 1.165) is 50.5 Å². The van der Waals surface area contributed by atoms with Crippen molar-refractivity contribution in [1.82, 2.24) is 4.57 Å². The predicted octanol–water partition coefficient (Wildman–Crippen LogP) is 16.8. The van der Waals surface area contributed by atoms with Gasteiger partial charge in [-0.2, -0.15) is 0 Å². The van der Waals surface area contributed by atoms with Crippen molar-refractivity contribution in [3.63, 3.8) is 0 Å². The number of rotatable bonds is 7. The first-order valence-electron chi connectivity index (χ1n) is 21.3. The van der Waals surface area contributed by atoms with E-state index in [1.54, 1.807) is 0 Å². The molecule has 0 fully saturated rings. The fourth-order valence-electron chi connectivity index (χ4n) is 8.96. The quantitative estimate of drug-likeness (QED) is 0.160. The molecule has 0 unspecified atom stereocenters. The molecule has 0 amide bonds. The zero-order chi connectivity index (χ0) is 41.5. The highest BCUT2D eigenvalue weighted by molar-refractivity contribution is 6.10. The Balaban J connectivity index is 0.00000220. The molecule has 61 heavy (non-hydrogen) atoms. The van der Waals surface area contributed by atoms with Crippen LogP contribution in [0.1, 0.15) is 37.7 Å². The lowest BCUT2D eigenvalue weighted by atomic mass is 9.99. The number of anilines is 3. The first-order valence-corrected chi connectivity index (χ1v) is 21.3. The van der Waals surface area contributed by atoms with E-state index in [4.69, 9.17) is 4.42 Å². The van der Waals surface area contributed by atoms with E-state index in [2.05, 4.69) is 217 Å². The Hall–Kier alpha value is -7.62. The van der Waals surface area contributed by atoms with Gasteiger partial charge in [-0.25, -0.2) is 0 Å². The molecular formula is C58H46N2O. The molecule has 0 bridgehead atoms. The van der Waals surface area contributed by atoms with Crippen LogP contribution in [0, 0.1) is 6.92 Å². The van der Waals surface area contributed by atoms with Crippen LogP contribution in [0.25, 0.3) is 76.7 Å². The zero-order valence-corrected chi connectivity index (χ0v) is 34.9. The van der Waals surface area contributed by atoms with Gasteiger partial charge in [0.15, 0.2) is 0 Å². The Labute approximate surface area is 357 Å². The normalized spacial score (nSPS) is 11.7.